The van der Waals surface area contributed by atoms with Gasteiger partial charge in [0.1, 0.15) is 6.61 Å². The number of ether oxygens (including phenoxy) is 1. The Hall–Kier alpha value is -2.59. The first-order valence-corrected chi connectivity index (χ1v) is 9.54. The molecule has 0 amide bonds. The molecule has 4 rings (SSSR count). The SMILES string of the molecule is Cc1ccc(COC(=O)c2ccc3c4c([nH]c3c2)CCC(N(C)C)C4)cc1. The van der Waals surface area contributed by atoms with Gasteiger partial charge in [-0.1, -0.05) is 35.9 Å². The fourth-order valence-corrected chi connectivity index (χ4v) is 3.89. The van der Waals surface area contributed by atoms with Gasteiger partial charge in [-0.3, -0.25) is 0 Å². The first-order valence-electron chi connectivity index (χ1n) is 9.54. The summed E-state index contributed by atoms with van der Waals surface area (Å²) in [6.07, 6.45) is 3.28. The molecular formula is C23H26N2O2. The zero-order valence-electron chi connectivity index (χ0n) is 16.2. The first-order chi connectivity index (χ1) is 13.0. The van der Waals surface area contributed by atoms with Crippen molar-refractivity contribution in [2.45, 2.75) is 38.8 Å². The van der Waals surface area contributed by atoms with E-state index in [1.54, 1.807) is 0 Å². The van der Waals surface area contributed by atoms with Crippen LogP contribution in [0.15, 0.2) is 42.5 Å². The minimum atomic E-state index is -0.281. The summed E-state index contributed by atoms with van der Waals surface area (Å²) in [6.45, 7) is 2.34. The molecule has 1 aliphatic rings. The topological polar surface area (TPSA) is 45.3 Å². The Morgan fingerprint density at radius 3 is 2.70 bits per heavy atom. The van der Waals surface area contributed by atoms with Gasteiger partial charge in [-0.25, -0.2) is 4.79 Å². The van der Waals surface area contributed by atoms with E-state index in [1.807, 2.05) is 43.3 Å². The first kappa shape index (κ1) is 17.8. The Morgan fingerprint density at radius 1 is 1.19 bits per heavy atom. The maximum Gasteiger partial charge on any atom is 0.338 e. The van der Waals surface area contributed by atoms with Gasteiger partial charge in [0.25, 0.3) is 0 Å². The summed E-state index contributed by atoms with van der Waals surface area (Å²) in [6, 6.07) is 14.5. The number of esters is 1. The molecular weight excluding hydrogens is 336 g/mol. The molecule has 1 N–H and O–H groups in total. The number of rotatable bonds is 4. The molecule has 1 aliphatic carbocycles. The lowest BCUT2D eigenvalue weighted by Gasteiger charge is -2.28. The summed E-state index contributed by atoms with van der Waals surface area (Å²) in [5.41, 5.74) is 6.53. The van der Waals surface area contributed by atoms with Gasteiger partial charge in [0.2, 0.25) is 0 Å². The molecule has 4 nitrogen and oxygen atoms in total. The third kappa shape index (κ3) is 3.62. The minimum Gasteiger partial charge on any atom is -0.457 e. The Balaban J connectivity index is 1.52. The van der Waals surface area contributed by atoms with Crippen molar-refractivity contribution >= 4 is 16.9 Å². The number of carbonyl (C=O) groups is 1. The van der Waals surface area contributed by atoms with Crippen LogP contribution in [-0.2, 0) is 24.2 Å². The highest BCUT2D eigenvalue weighted by Crippen LogP contribution is 2.31. The average molecular weight is 362 g/mol. The molecule has 0 saturated heterocycles. The van der Waals surface area contributed by atoms with Crippen LogP contribution in [-0.4, -0.2) is 36.0 Å². The van der Waals surface area contributed by atoms with E-state index >= 15 is 0 Å². The van der Waals surface area contributed by atoms with Crippen LogP contribution in [0.1, 0.15) is 39.2 Å². The number of hydrogen-bond donors (Lipinski definition) is 1. The predicted octanol–water partition coefficient (Wildman–Crippen LogP) is 4.25. The smallest absolute Gasteiger partial charge is 0.338 e. The summed E-state index contributed by atoms with van der Waals surface area (Å²) in [4.78, 5) is 18.3. The minimum absolute atomic E-state index is 0.281. The van der Waals surface area contributed by atoms with Crippen molar-refractivity contribution < 1.29 is 9.53 Å². The van der Waals surface area contributed by atoms with Crippen LogP contribution in [0.25, 0.3) is 10.9 Å². The number of benzene rings is 2. The highest BCUT2D eigenvalue weighted by molar-refractivity contribution is 5.95. The lowest BCUT2D eigenvalue weighted by molar-refractivity contribution is 0.0473. The van der Waals surface area contributed by atoms with Gasteiger partial charge < -0.3 is 14.6 Å². The van der Waals surface area contributed by atoms with Crippen molar-refractivity contribution in [3.8, 4) is 0 Å². The van der Waals surface area contributed by atoms with Gasteiger partial charge in [0, 0.05) is 22.6 Å². The number of fused-ring (bicyclic) bond motifs is 3. The highest BCUT2D eigenvalue weighted by atomic mass is 16.5. The average Bonchev–Trinajstić information content (AvgIpc) is 3.04. The molecule has 0 aliphatic heterocycles. The zero-order chi connectivity index (χ0) is 19.0. The van der Waals surface area contributed by atoms with Crippen molar-refractivity contribution in [2.75, 3.05) is 14.1 Å². The number of nitrogens with zero attached hydrogens (tertiary/aromatic N) is 1. The van der Waals surface area contributed by atoms with E-state index in [-0.39, 0.29) is 5.97 Å². The van der Waals surface area contributed by atoms with E-state index in [1.165, 1.54) is 22.2 Å². The van der Waals surface area contributed by atoms with Crippen molar-refractivity contribution in [2.24, 2.45) is 0 Å². The van der Waals surface area contributed by atoms with Crippen molar-refractivity contribution in [3.63, 3.8) is 0 Å². The highest BCUT2D eigenvalue weighted by Gasteiger charge is 2.24. The lowest BCUT2D eigenvalue weighted by Crippen LogP contribution is -2.33. The third-order valence-electron chi connectivity index (χ3n) is 5.62. The molecule has 1 heterocycles. The van der Waals surface area contributed by atoms with Gasteiger partial charge >= 0.3 is 5.97 Å². The molecule has 3 aromatic rings. The number of carbonyl (C=O) groups excluding carboxylic acids is 1. The molecule has 2 aromatic carbocycles. The lowest BCUT2D eigenvalue weighted by atomic mass is 9.91. The van der Waals surface area contributed by atoms with Crippen LogP contribution < -0.4 is 0 Å². The number of H-pyrrole nitrogens is 1. The fourth-order valence-electron chi connectivity index (χ4n) is 3.89. The molecule has 1 unspecified atom stereocenters. The van der Waals surface area contributed by atoms with E-state index < -0.39 is 0 Å². The second kappa shape index (κ2) is 7.20. The molecule has 0 saturated carbocycles. The van der Waals surface area contributed by atoms with E-state index in [2.05, 4.69) is 30.0 Å². The molecule has 0 bridgehead atoms. The Kier molecular flexibility index (Phi) is 4.75. The molecule has 1 aromatic heterocycles. The summed E-state index contributed by atoms with van der Waals surface area (Å²) >= 11 is 0. The summed E-state index contributed by atoms with van der Waals surface area (Å²) in [5.74, 6) is -0.281. The molecule has 0 fully saturated rings. The largest absolute Gasteiger partial charge is 0.457 e. The van der Waals surface area contributed by atoms with Crippen LogP contribution >= 0.6 is 0 Å². The number of likely N-dealkylation sites (N-methyl/N-ethyl adjacent to an activating group) is 1. The Morgan fingerprint density at radius 2 is 1.96 bits per heavy atom. The van der Waals surface area contributed by atoms with Gasteiger partial charge in [-0.05, 0) is 63.5 Å². The predicted molar refractivity (Wildman–Crippen MR) is 108 cm³/mol. The van der Waals surface area contributed by atoms with Crippen molar-refractivity contribution in [1.82, 2.24) is 9.88 Å². The number of nitrogens with one attached hydrogen (secondary N) is 1. The van der Waals surface area contributed by atoms with Crippen LogP contribution in [0, 0.1) is 6.92 Å². The van der Waals surface area contributed by atoms with Crippen LogP contribution in [0.4, 0.5) is 0 Å². The summed E-state index contributed by atoms with van der Waals surface area (Å²) < 4.78 is 5.49. The number of aromatic nitrogens is 1. The molecule has 140 valence electrons. The molecule has 0 radical (unpaired) electrons. The Labute approximate surface area is 160 Å². The number of aryl methyl sites for hydroxylation is 2. The normalized spacial score (nSPS) is 16.5. The second-order valence-corrected chi connectivity index (χ2v) is 7.76. The summed E-state index contributed by atoms with van der Waals surface area (Å²) in [7, 11) is 4.29. The maximum absolute atomic E-state index is 12.5. The third-order valence-corrected chi connectivity index (χ3v) is 5.62. The monoisotopic (exact) mass is 362 g/mol. The molecule has 4 heteroatoms. The van der Waals surface area contributed by atoms with Crippen LogP contribution in [0.2, 0.25) is 0 Å². The van der Waals surface area contributed by atoms with Crippen molar-refractivity contribution in [3.05, 3.63) is 70.4 Å². The van der Waals surface area contributed by atoms with E-state index in [4.69, 9.17) is 4.74 Å². The van der Waals surface area contributed by atoms with Crippen molar-refractivity contribution in [1.29, 1.82) is 0 Å². The van der Waals surface area contributed by atoms with E-state index in [0.717, 1.165) is 30.3 Å². The molecule has 1 atom stereocenters. The van der Waals surface area contributed by atoms with E-state index in [0.29, 0.717) is 18.2 Å². The standard InChI is InChI=1S/C23H26N2O2/c1-15-4-6-16(7-5-15)14-27-23(26)17-8-10-19-20-13-18(25(2)3)9-11-21(20)24-22(19)12-17/h4-8,10,12,18,24H,9,11,13-14H2,1-3H3. The quantitative estimate of drug-likeness (QED) is 0.706. The number of aromatic amines is 1. The van der Waals surface area contributed by atoms with Gasteiger partial charge in [0.15, 0.2) is 0 Å². The molecule has 0 spiro atoms. The van der Waals surface area contributed by atoms with E-state index in [9.17, 15) is 4.79 Å². The number of hydrogen-bond acceptors (Lipinski definition) is 3. The van der Waals surface area contributed by atoms with Crippen LogP contribution in [0.5, 0.6) is 0 Å². The second-order valence-electron chi connectivity index (χ2n) is 7.76. The van der Waals surface area contributed by atoms with Crippen LogP contribution in [0.3, 0.4) is 0 Å². The van der Waals surface area contributed by atoms with Gasteiger partial charge in [0.05, 0.1) is 5.56 Å². The maximum atomic E-state index is 12.5. The molecule has 27 heavy (non-hydrogen) atoms. The van der Waals surface area contributed by atoms with Gasteiger partial charge in [-0.15, -0.1) is 0 Å². The Bertz CT molecular complexity index is 970. The van der Waals surface area contributed by atoms with Gasteiger partial charge in [-0.2, -0.15) is 0 Å². The summed E-state index contributed by atoms with van der Waals surface area (Å²) in [5, 5.41) is 1.23. The fraction of sp³-hybridized carbons (Fsp3) is 0.348. The zero-order valence-corrected chi connectivity index (χ0v) is 16.2.